The number of fused-ring (bicyclic) bond motifs is 1. The van der Waals surface area contributed by atoms with Crippen molar-refractivity contribution in [2.75, 3.05) is 13.7 Å². The van der Waals surface area contributed by atoms with Gasteiger partial charge in [0.05, 0.1) is 17.6 Å². The van der Waals surface area contributed by atoms with Gasteiger partial charge in [-0.05, 0) is 24.6 Å². The maximum atomic E-state index is 11.6. The van der Waals surface area contributed by atoms with E-state index in [0.29, 0.717) is 6.54 Å². The predicted octanol–water partition coefficient (Wildman–Crippen LogP) is 1.21. The van der Waals surface area contributed by atoms with Crippen LogP contribution in [0.3, 0.4) is 0 Å². The minimum atomic E-state index is -0.109. The van der Waals surface area contributed by atoms with Crippen LogP contribution in [-0.4, -0.2) is 39.5 Å². The molecule has 0 unspecified atom stereocenters. The van der Waals surface area contributed by atoms with Gasteiger partial charge in [0.25, 0.3) is 0 Å². The van der Waals surface area contributed by atoms with Gasteiger partial charge in [-0.25, -0.2) is 4.98 Å². The van der Waals surface area contributed by atoms with Gasteiger partial charge in [-0.3, -0.25) is 4.79 Å². The number of rotatable bonds is 4. The first-order valence-corrected chi connectivity index (χ1v) is 5.90. The van der Waals surface area contributed by atoms with Crippen LogP contribution in [0.25, 0.3) is 11.0 Å². The van der Waals surface area contributed by atoms with Gasteiger partial charge in [0.1, 0.15) is 5.82 Å². The Kier molecular flexibility index (Phi) is 3.62. The molecule has 0 saturated carbocycles. The third-order valence-electron chi connectivity index (χ3n) is 2.84. The molecule has 0 spiro atoms. The second kappa shape index (κ2) is 5.18. The molecule has 0 radical (unpaired) electrons. The Morgan fingerprint density at radius 1 is 1.50 bits per heavy atom. The molecule has 0 saturated heterocycles. The van der Waals surface area contributed by atoms with Crippen LogP contribution in [0.15, 0.2) is 18.2 Å². The van der Waals surface area contributed by atoms with Gasteiger partial charge in [-0.15, -0.1) is 0 Å². The first-order valence-electron chi connectivity index (χ1n) is 5.90. The zero-order chi connectivity index (χ0) is 13.1. The Hall–Kier alpha value is -1.88. The van der Waals surface area contributed by atoms with Crippen molar-refractivity contribution in [1.82, 2.24) is 14.9 Å². The van der Waals surface area contributed by atoms with Gasteiger partial charge in [-0.1, -0.05) is 6.07 Å². The lowest BCUT2D eigenvalue weighted by Gasteiger charge is -2.16. The van der Waals surface area contributed by atoms with Crippen LogP contribution in [0.5, 0.6) is 0 Å². The van der Waals surface area contributed by atoms with E-state index in [2.05, 4.69) is 9.97 Å². The highest BCUT2D eigenvalue weighted by Crippen LogP contribution is 2.14. The molecule has 5 heteroatoms. The highest BCUT2D eigenvalue weighted by Gasteiger charge is 2.09. The molecule has 96 valence electrons. The normalized spacial score (nSPS) is 10.8. The van der Waals surface area contributed by atoms with E-state index in [-0.39, 0.29) is 18.9 Å². The van der Waals surface area contributed by atoms with Crippen molar-refractivity contribution in [3.05, 3.63) is 29.6 Å². The van der Waals surface area contributed by atoms with Gasteiger partial charge in [0, 0.05) is 20.0 Å². The number of carbonyl (C=O) groups is 1. The Balaban J connectivity index is 2.13. The fourth-order valence-corrected chi connectivity index (χ4v) is 1.93. The number of imidazole rings is 1. The number of aliphatic hydroxyl groups is 1. The highest BCUT2D eigenvalue weighted by molar-refractivity contribution is 5.77. The average Bonchev–Trinajstić information content (AvgIpc) is 2.68. The molecule has 1 aromatic carbocycles. The Labute approximate surface area is 105 Å². The number of nitrogens with one attached hydrogen (secondary N) is 1. The van der Waals surface area contributed by atoms with Crippen molar-refractivity contribution < 1.29 is 9.90 Å². The summed E-state index contributed by atoms with van der Waals surface area (Å²) in [5.41, 5.74) is 2.95. The Morgan fingerprint density at radius 2 is 2.28 bits per heavy atom. The van der Waals surface area contributed by atoms with E-state index in [1.807, 2.05) is 25.1 Å². The topological polar surface area (TPSA) is 69.2 Å². The summed E-state index contributed by atoms with van der Waals surface area (Å²) in [6, 6.07) is 5.90. The summed E-state index contributed by atoms with van der Waals surface area (Å²) in [6.07, 6.45) is 0.169. The minimum absolute atomic E-state index is 0.0570. The maximum absolute atomic E-state index is 11.6. The Bertz CT molecular complexity index is 562. The number of hydrogen-bond donors (Lipinski definition) is 2. The lowest BCUT2D eigenvalue weighted by Crippen LogP contribution is -2.26. The monoisotopic (exact) mass is 247 g/mol. The number of aromatic amines is 1. The summed E-state index contributed by atoms with van der Waals surface area (Å²) in [5.74, 6) is 0.824. The minimum Gasteiger partial charge on any atom is -0.396 e. The van der Waals surface area contributed by atoms with E-state index >= 15 is 0 Å². The summed E-state index contributed by atoms with van der Waals surface area (Å²) in [6.45, 7) is 2.34. The summed E-state index contributed by atoms with van der Waals surface area (Å²) in [5, 5.41) is 8.73. The van der Waals surface area contributed by atoms with E-state index in [1.54, 1.807) is 11.9 Å². The van der Waals surface area contributed by atoms with Gasteiger partial charge in [-0.2, -0.15) is 0 Å². The largest absolute Gasteiger partial charge is 0.396 e. The van der Waals surface area contributed by atoms with Gasteiger partial charge in [0.2, 0.25) is 5.91 Å². The molecule has 1 amide bonds. The zero-order valence-electron chi connectivity index (χ0n) is 10.6. The summed E-state index contributed by atoms with van der Waals surface area (Å²) in [4.78, 5) is 20.7. The molecule has 1 aromatic heterocycles. The number of benzene rings is 1. The van der Waals surface area contributed by atoms with Crippen LogP contribution in [-0.2, 0) is 11.3 Å². The number of nitrogens with zero attached hydrogens (tertiary/aromatic N) is 2. The van der Waals surface area contributed by atoms with Crippen LogP contribution >= 0.6 is 0 Å². The van der Waals surface area contributed by atoms with Crippen molar-refractivity contribution in [3.8, 4) is 0 Å². The molecule has 18 heavy (non-hydrogen) atoms. The molecule has 0 aliphatic rings. The van der Waals surface area contributed by atoms with Crippen LogP contribution in [0.1, 0.15) is 17.8 Å². The summed E-state index contributed by atoms with van der Waals surface area (Å²) >= 11 is 0. The van der Waals surface area contributed by atoms with E-state index in [9.17, 15) is 4.79 Å². The number of aliphatic hydroxyl groups excluding tert-OH is 1. The van der Waals surface area contributed by atoms with E-state index < -0.39 is 0 Å². The molecule has 0 aliphatic heterocycles. The fraction of sp³-hybridized carbons (Fsp3) is 0.385. The molecule has 2 aromatic rings. The third-order valence-corrected chi connectivity index (χ3v) is 2.84. The average molecular weight is 247 g/mol. The second-order valence-electron chi connectivity index (χ2n) is 4.40. The molecule has 0 fully saturated rings. The van der Waals surface area contributed by atoms with Crippen LogP contribution in [0, 0.1) is 6.92 Å². The van der Waals surface area contributed by atoms with E-state index in [4.69, 9.17) is 5.11 Å². The summed E-state index contributed by atoms with van der Waals surface area (Å²) < 4.78 is 0. The maximum Gasteiger partial charge on any atom is 0.224 e. The van der Waals surface area contributed by atoms with Crippen molar-refractivity contribution in [2.24, 2.45) is 0 Å². The second-order valence-corrected chi connectivity index (χ2v) is 4.40. The number of hydrogen-bond acceptors (Lipinski definition) is 3. The van der Waals surface area contributed by atoms with E-state index in [0.717, 1.165) is 22.4 Å². The van der Waals surface area contributed by atoms with Crippen molar-refractivity contribution in [2.45, 2.75) is 19.9 Å². The molecule has 0 atom stereocenters. The fourth-order valence-electron chi connectivity index (χ4n) is 1.93. The third kappa shape index (κ3) is 2.68. The molecule has 1 heterocycles. The standard InChI is InChI=1S/C13H17N3O2/c1-9-14-11-4-3-10(7-12(11)15-9)8-16(2)13(18)5-6-17/h3-4,7,17H,5-6,8H2,1-2H3,(H,14,15). The quantitative estimate of drug-likeness (QED) is 0.853. The van der Waals surface area contributed by atoms with Gasteiger partial charge >= 0.3 is 0 Å². The molecule has 0 bridgehead atoms. The highest BCUT2D eigenvalue weighted by atomic mass is 16.3. The van der Waals surface area contributed by atoms with Gasteiger partial charge < -0.3 is 15.0 Å². The SMILES string of the molecule is Cc1nc2ccc(CN(C)C(=O)CCO)cc2[nH]1. The first kappa shape index (κ1) is 12.6. The molecule has 5 nitrogen and oxygen atoms in total. The summed E-state index contributed by atoms with van der Waals surface area (Å²) in [7, 11) is 1.74. The van der Waals surface area contributed by atoms with Crippen LogP contribution in [0.4, 0.5) is 0 Å². The number of aryl methyl sites for hydroxylation is 1. The smallest absolute Gasteiger partial charge is 0.224 e. The zero-order valence-corrected chi connectivity index (χ0v) is 10.6. The molecule has 0 aliphatic carbocycles. The van der Waals surface area contributed by atoms with Crippen LogP contribution < -0.4 is 0 Å². The van der Waals surface area contributed by atoms with Crippen molar-refractivity contribution >= 4 is 16.9 Å². The van der Waals surface area contributed by atoms with E-state index in [1.165, 1.54) is 0 Å². The van der Waals surface area contributed by atoms with Gasteiger partial charge in [0.15, 0.2) is 0 Å². The lowest BCUT2D eigenvalue weighted by molar-refractivity contribution is -0.131. The number of amides is 1. The number of carbonyl (C=O) groups excluding carboxylic acids is 1. The van der Waals surface area contributed by atoms with Crippen LogP contribution in [0.2, 0.25) is 0 Å². The van der Waals surface area contributed by atoms with Crippen molar-refractivity contribution in [1.29, 1.82) is 0 Å². The lowest BCUT2D eigenvalue weighted by atomic mass is 10.2. The molecule has 2 rings (SSSR count). The number of H-pyrrole nitrogens is 1. The predicted molar refractivity (Wildman–Crippen MR) is 69.0 cm³/mol. The molecular weight excluding hydrogens is 230 g/mol. The van der Waals surface area contributed by atoms with Crippen molar-refractivity contribution in [3.63, 3.8) is 0 Å². The molecule has 2 N–H and O–H groups in total. The molecular formula is C13H17N3O2. The Morgan fingerprint density at radius 3 is 3.00 bits per heavy atom. The number of aromatic nitrogens is 2. The first-order chi connectivity index (χ1) is 8.60.